The quantitative estimate of drug-likeness (QED) is 0.742. The van der Waals surface area contributed by atoms with Crippen molar-refractivity contribution in [1.29, 1.82) is 0 Å². The molecule has 0 unspecified atom stereocenters. The number of pyridine rings is 1. The van der Waals surface area contributed by atoms with Crippen LogP contribution in [0.5, 0.6) is 5.75 Å². The highest BCUT2D eigenvalue weighted by atomic mass is 16.5. The van der Waals surface area contributed by atoms with Crippen molar-refractivity contribution >= 4 is 5.82 Å². The Hall–Kier alpha value is -1.25. The maximum absolute atomic E-state index is 5.42. The van der Waals surface area contributed by atoms with Crippen LogP contribution in [0.15, 0.2) is 18.3 Å². The van der Waals surface area contributed by atoms with Crippen molar-refractivity contribution in [3.05, 3.63) is 18.3 Å². The second-order valence-corrected chi connectivity index (χ2v) is 2.48. The van der Waals surface area contributed by atoms with Crippen LogP contribution in [0.2, 0.25) is 0 Å². The Morgan fingerprint density at radius 3 is 3.08 bits per heavy atom. The lowest BCUT2D eigenvalue weighted by Crippen LogP contribution is -1.97. The summed E-state index contributed by atoms with van der Waals surface area (Å²) in [6.45, 7) is 2.84. The molecule has 0 aromatic carbocycles. The van der Waals surface area contributed by atoms with Crippen LogP contribution in [0.1, 0.15) is 13.3 Å². The van der Waals surface area contributed by atoms with E-state index in [1.54, 1.807) is 6.20 Å². The Morgan fingerprint density at radius 2 is 2.42 bits per heavy atom. The van der Waals surface area contributed by atoms with Crippen LogP contribution < -0.4 is 10.1 Å². The van der Waals surface area contributed by atoms with Crippen molar-refractivity contribution in [2.24, 2.45) is 0 Å². The Morgan fingerprint density at radius 1 is 1.58 bits per heavy atom. The summed E-state index contributed by atoms with van der Waals surface area (Å²) in [4.78, 5) is 4.07. The van der Waals surface area contributed by atoms with Crippen molar-refractivity contribution in [1.82, 2.24) is 4.98 Å². The lowest BCUT2D eigenvalue weighted by atomic mass is 10.4. The third kappa shape index (κ3) is 2.42. The van der Waals surface area contributed by atoms with E-state index in [1.165, 1.54) is 0 Å². The number of nitrogens with one attached hydrogen (secondary N) is 1. The molecule has 1 heterocycles. The number of hydrogen-bond donors (Lipinski definition) is 1. The first-order chi connectivity index (χ1) is 5.86. The van der Waals surface area contributed by atoms with Gasteiger partial charge in [0.2, 0.25) is 0 Å². The van der Waals surface area contributed by atoms with Gasteiger partial charge in [-0.2, -0.15) is 0 Å². The molecule has 0 aliphatic carbocycles. The fourth-order valence-electron chi connectivity index (χ4n) is 0.858. The summed E-state index contributed by atoms with van der Waals surface area (Å²) in [6, 6.07) is 3.74. The maximum atomic E-state index is 5.42. The predicted octanol–water partition coefficient (Wildman–Crippen LogP) is 1.91. The van der Waals surface area contributed by atoms with Crippen LogP contribution in [-0.2, 0) is 0 Å². The third-order valence-corrected chi connectivity index (χ3v) is 1.46. The molecule has 1 rings (SSSR count). The Labute approximate surface area is 72.8 Å². The molecule has 3 nitrogen and oxygen atoms in total. The SMILES string of the molecule is CCCOc1ccnc(NC)c1. The second-order valence-electron chi connectivity index (χ2n) is 2.48. The van der Waals surface area contributed by atoms with Crippen LogP contribution in [-0.4, -0.2) is 18.6 Å². The van der Waals surface area contributed by atoms with Gasteiger partial charge in [-0.1, -0.05) is 6.92 Å². The molecule has 3 heteroatoms. The molecular weight excluding hydrogens is 152 g/mol. The van der Waals surface area contributed by atoms with Gasteiger partial charge in [0.05, 0.1) is 6.61 Å². The molecule has 0 radical (unpaired) electrons. The molecule has 0 bridgehead atoms. The van der Waals surface area contributed by atoms with E-state index in [9.17, 15) is 0 Å². The van der Waals surface area contributed by atoms with Crippen molar-refractivity contribution < 1.29 is 4.74 Å². The van der Waals surface area contributed by atoms with E-state index in [1.807, 2.05) is 19.2 Å². The van der Waals surface area contributed by atoms with Crippen molar-refractivity contribution in [2.75, 3.05) is 19.0 Å². The van der Waals surface area contributed by atoms with Gasteiger partial charge in [0.15, 0.2) is 0 Å². The fourth-order valence-corrected chi connectivity index (χ4v) is 0.858. The van der Waals surface area contributed by atoms with E-state index in [4.69, 9.17) is 4.74 Å². The maximum Gasteiger partial charge on any atom is 0.129 e. The minimum Gasteiger partial charge on any atom is -0.493 e. The summed E-state index contributed by atoms with van der Waals surface area (Å²) >= 11 is 0. The van der Waals surface area contributed by atoms with E-state index < -0.39 is 0 Å². The van der Waals surface area contributed by atoms with Gasteiger partial charge in [-0.25, -0.2) is 4.98 Å². The second kappa shape index (κ2) is 4.59. The molecule has 0 aliphatic heterocycles. The van der Waals surface area contributed by atoms with Crippen LogP contribution in [0.4, 0.5) is 5.82 Å². The number of nitrogens with zero attached hydrogens (tertiary/aromatic N) is 1. The normalized spacial score (nSPS) is 9.50. The van der Waals surface area contributed by atoms with Gasteiger partial charge in [-0.15, -0.1) is 0 Å². The Balaban J connectivity index is 2.60. The van der Waals surface area contributed by atoms with Crippen molar-refractivity contribution in [3.8, 4) is 5.75 Å². The summed E-state index contributed by atoms with van der Waals surface area (Å²) in [5.41, 5.74) is 0. The molecule has 0 spiro atoms. The lowest BCUT2D eigenvalue weighted by molar-refractivity contribution is 0.317. The zero-order chi connectivity index (χ0) is 8.81. The van der Waals surface area contributed by atoms with Gasteiger partial charge in [0.25, 0.3) is 0 Å². The topological polar surface area (TPSA) is 34.1 Å². The van der Waals surface area contributed by atoms with Crippen LogP contribution in [0, 0.1) is 0 Å². The molecule has 0 aliphatic rings. The first kappa shape index (κ1) is 8.84. The molecule has 0 saturated heterocycles. The number of anilines is 1. The van der Waals surface area contributed by atoms with E-state index in [0.717, 1.165) is 24.6 Å². The number of aromatic nitrogens is 1. The third-order valence-electron chi connectivity index (χ3n) is 1.46. The van der Waals surface area contributed by atoms with Gasteiger partial charge in [0, 0.05) is 19.3 Å². The molecule has 1 N–H and O–H groups in total. The zero-order valence-corrected chi connectivity index (χ0v) is 7.50. The van der Waals surface area contributed by atoms with Gasteiger partial charge in [-0.3, -0.25) is 0 Å². The van der Waals surface area contributed by atoms with Gasteiger partial charge in [-0.05, 0) is 12.5 Å². The van der Waals surface area contributed by atoms with Gasteiger partial charge in [0.1, 0.15) is 11.6 Å². The molecule has 0 fully saturated rings. The van der Waals surface area contributed by atoms with Crippen LogP contribution >= 0.6 is 0 Å². The predicted molar refractivity (Wildman–Crippen MR) is 49.6 cm³/mol. The average Bonchev–Trinajstić information content (AvgIpc) is 2.15. The van der Waals surface area contributed by atoms with Gasteiger partial charge >= 0.3 is 0 Å². The average molecular weight is 166 g/mol. The van der Waals surface area contributed by atoms with E-state index in [2.05, 4.69) is 17.2 Å². The largest absolute Gasteiger partial charge is 0.493 e. The summed E-state index contributed by atoms with van der Waals surface area (Å²) in [5, 5.41) is 2.95. The van der Waals surface area contributed by atoms with E-state index >= 15 is 0 Å². The van der Waals surface area contributed by atoms with Crippen LogP contribution in [0.25, 0.3) is 0 Å². The van der Waals surface area contributed by atoms with Crippen molar-refractivity contribution in [3.63, 3.8) is 0 Å². The molecule has 1 aromatic rings. The molecular formula is C9H14N2O. The minimum atomic E-state index is 0.757. The molecule has 0 saturated carbocycles. The highest BCUT2D eigenvalue weighted by molar-refractivity contribution is 5.39. The monoisotopic (exact) mass is 166 g/mol. The summed E-state index contributed by atoms with van der Waals surface area (Å²) < 4.78 is 5.42. The molecule has 66 valence electrons. The molecule has 12 heavy (non-hydrogen) atoms. The molecule has 0 atom stereocenters. The number of rotatable bonds is 4. The Kier molecular flexibility index (Phi) is 3.38. The van der Waals surface area contributed by atoms with Crippen molar-refractivity contribution in [2.45, 2.75) is 13.3 Å². The Bertz CT molecular complexity index is 238. The first-order valence-electron chi connectivity index (χ1n) is 4.13. The minimum absolute atomic E-state index is 0.757. The van der Waals surface area contributed by atoms with E-state index in [0.29, 0.717) is 0 Å². The number of ether oxygens (including phenoxy) is 1. The van der Waals surface area contributed by atoms with E-state index in [-0.39, 0.29) is 0 Å². The summed E-state index contributed by atoms with van der Waals surface area (Å²) in [6.07, 6.45) is 2.76. The fraction of sp³-hybridized carbons (Fsp3) is 0.444. The highest BCUT2D eigenvalue weighted by Crippen LogP contribution is 2.13. The summed E-state index contributed by atoms with van der Waals surface area (Å²) in [7, 11) is 1.84. The standard InChI is InChI=1S/C9H14N2O/c1-3-6-12-8-4-5-11-9(7-8)10-2/h4-5,7H,3,6H2,1-2H3,(H,10,11). The summed E-state index contributed by atoms with van der Waals surface area (Å²) in [5.74, 6) is 1.71. The molecule has 0 amide bonds. The van der Waals surface area contributed by atoms with Crippen LogP contribution in [0.3, 0.4) is 0 Å². The molecule has 1 aromatic heterocycles. The lowest BCUT2D eigenvalue weighted by Gasteiger charge is -2.05. The zero-order valence-electron chi connectivity index (χ0n) is 7.50. The number of hydrogen-bond acceptors (Lipinski definition) is 3. The van der Waals surface area contributed by atoms with Gasteiger partial charge < -0.3 is 10.1 Å². The smallest absolute Gasteiger partial charge is 0.129 e. The first-order valence-corrected chi connectivity index (χ1v) is 4.13. The highest BCUT2D eigenvalue weighted by Gasteiger charge is 1.94.